The molecular formula is C35H40N6O3. The van der Waals surface area contributed by atoms with E-state index in [4.69, 9.17) is 15.5 Å². The minimum Gasteiger partial charge on any atom is -0.440 e. The third kappa shape index (κ3) is 7.59. The Kier molecular flexibility index (Phi) is 10.3. The van der Waals surface area contributed by atoms with Gasteiger partial charge in [-0.3, -0.25) is 14.2 Å². The maximum absolute atomic E-state index is 12.8. The zero-order valence-corrected chi connectivity index (χ0v) is 26.2. The molecule has 9 heteroatoms. The fraction of sp³-hybridized carbons (Fsp3) is 0.314. The second kappa shape index (κ2) is 14.1. The van der Waals surface area contributed by atoms with Gasteiger partial charge in [-0.25, -0.2) is 4.98 Å². The molecule has 2 N–H and O–H groups in total. The van der Waals surface area contributed by atoms with Gasteiger partial charge in [0.2, 0.25) is 5.91 Å². The summed E-state index contributed by atoms with van der Waals surface area (Å²) in [6, 6.07) is 18.6. The van der Waals surface area contributed by atoms with Crippen LogP contribution in [0, 0.1) is 17.2 Å². The molecule has 228 valence electrons. The lowest BCUT2D eigenvalue weighted by atomic mass is 10.0. The standard InChI is InChI=1S/C35H40N6O3/c1-23(2)16-32(37)35(43)44-24(3)41-22-31(27-12-7-10-25(17-27)20-36)30-19-28(21-38-34(30)41)26-11-8-13-29(18-26)40(6)33(42)14-9-15-39(4)5/h7-14,17-19,21-24,32H,15-16,37H2,1-6H3/b14-9+. The lowest BCUT2D eigenvalue weighted by molar-refractivity contribution is -0.154. The number of esters is 1. The Morgan fingerprint density at radius 1 is 1.05 bits per heavy atom. The first-order valence-corrected chi connectivity index (χ1v) is 14.6. The van der Waals surface area contributed by atoms with Crippen LogP contribution in [0.4, 0.5) is 5.69 Å². The lowest BCUT2D eigenvalue weighted by Crippen LogP contribution is -2.34. The van der Waals surface area contributed by atoms with Crippen molar-refractivity contribution in [1.82, 2.24) is 14.5 Å². The first-order valence-electron chi connectivity index (χ1n) is 14.6. The average Bonchev–Trinajstić information content (AvgIpc) is 3.39. The van der Waals surface area contributed by atoms with Crippen molar-refractivity contribution in [2.24, 2.45) is 11.7 Å². The van der Waals surface area contributed by atoms with Crippen molar-refractivity contribution in [3.05, 3.63) is 84.7 Å². The van der Waals surface area contributed by atoms with Crippen molar-refractivity contribution in [3.63, 3.8) is 0 Å². The molecule has 44 heavy (non-hydrogen) atoms. The Balaban J connectivity index is 1.74. The number of pyridine rings is 1. The van der Waals surface area contributed by atoms with E-state index in [-0.39, 0.29) is 11.8 Å². The molecule has 0 aliphatic carbocycles. The Morgan fingerprint density at radius 3 is 2.48 bits per heavy atom. The summed E-state index contributed by atoms with van der Waals surface area (Å²) < 4.78 is 7.60. The maximum atomic E-state index is 12.8. The molecule has 2 aromatic carbocycles. The second-order valence-corrected chi connectivity index (χ2v) is 11.6. The number of benzene rings is 2. The average molecular weight is 593 g/mol. The van der Waals surface area contributed by atoms with Gasteiger partial charge in [0.1, 0.15) is 11.7 Å². The van der Waals surface area contributed by atoms with Crippen LogP contribution in [0.3, 0.4) is 0 Å². The molecule has 0 saturated carbocycles. The molecular weight excluding hydrogens is 552 g/mol. The minimum absolute atomic E-state index is 0.119. The van der Waals surface area contributed by atoms with E-state index in [2.05, 4.69) is 6.07 Å². The molecule has 0 saturated heterocycles. The van der Waals surface area contributed by atoms with Crippen LogP contribution >= 0.6 is 0 Å². The van der Waals surface area contributed by atoms with Gasteiger partial charge in [0.25, 0.3) is 0 Å². The van der Waals surface area contributed by atoms with Crippen LogP contribution in [0.25, 0.3) is 33.3 Å². The van der Waals surface area contributed by atoms with Gasteiger partial charge in [-0.1, -0.05) is 44.2 Å². The van der Waals surface area contributed by atoms with Crippen molar-refractivity contribution < 1.29 is 14.3 Å². The van der Waals surface area contributed by atoms with Gasteiger partial charge >= 0.3 is 5.97 Å². The minimum atomic E-state index is -0.716. The number of hydrogen-bond donors (Lipinski definition) is 1. The Hall–Kier alpha value is -4.78. The van der Waals surface area contributed by atoms with Gasteiger partial charge in [-0.2, -0.15) is 5.26 Å². The molecule has 2 heterocycles. The highest BCUT2D eigenvalue weighted by molar-refractivity contribution is 6.01. The van der Waals surface area contributed by atoms with E-state index in [9.17, 15) is 14.9 Å². The van der Waals surface area contributed by atoms with Crippen LogP contribution in [0.2, 0.25) is 0 Å². The maximum Gasteiger partial charge on any atom is 0.324 e. The zero-order chi connectivity index (χ0) is 32.0. The third-order valence-corrected chi connectivity index (χ3v) is 7.31. The number of carbonyl (C=O) groups is 2. The second-order valence-electron chi connectivity index (χ2n) is 11.6. The van der Waals surface area contributed by atoms with Crippen LogP contribution in [0.15, 0.2) is 79.1 Å². The Labute approximate surface area is 259 Å². The smallest absolute Gasteiger partial charge is 0.324 e. The normalized spacial score (nSPS) is 12.9. The Morgan fingerprint density at radius 2 is 1.77 bits per heavy atom. The van der Waals surface area contributed by atoms with Crippen LogP contribution < -0.4 is 10.6 Å². The van der Waals surface area contributed by atoms with Crippen LogP contribution in [-0.2, 0) is 14.3 Å². The molecule has 0 spiro atoms. The molecule has 0 radical (unpaired) electrons. The highest BCUT2D eigenvalue weighted by Gasteiger charge is 2.23. The lowest BCUT2D eigenvalue weighted by Gasteiger charge is -2.19. The fourth-order valence-electron chi connectivity index (χ4n) is 4.97. The number of ether oxygens (including phenoxy) is 1. The quantitative estimate of drug-likeness (QED) is 0.174. The topological polar surface area (TPSA) is 117 Å². The number of nitrogens with two attached hydrogens (primary N) is 1. The summed E-state index contributed by atoms with van der Waals surface area (Å²) in [5, 5.41) is 10.4. The van der Waals surface area contributed by atoms with Gasteiger partial charge in [-0.05, 0) is 74.8 Å². The number of anilines is 1. The molecule has 0 fully saturated rings. The van der Waals surface area contributed by atoms with E-state index >= 15 is 0 Å². The van der Waals surface area contributed by atoms with Gasteiger partial charge in [0.15, 0.2) is 6.23 Å². The molecule has 4 rings (SSSR count). The van der Waals surface area contributed by atoms with E-state index in [1.54, 1.807) is 37.2 Å². The predicted octanol–water partition coefficient (Wildman–Crippen LogP) is 5.76. The number of likely N-dealkylation sites (N-methyl/N-ethyl adjacent to an activating group) is 2. The van der Waals surface area contributed by atoms with Crippen LogP contribution in [0.1, 0.15) is 39.0 Å². The van der Waals surface area contributed by atoms with E-state index in [0.717, 1.165) is 33.3 Å². The monoisotopic (exact) mass is 592 g/mol. The first-order chi connectivity index (χ1) is 21.0. The van der Waals surface area contributed by atoms with Gasteiger partial charge in [-0.15, -0.1) is 0 Å². The molecule has 0 bridgehead atoms. The third-order valence-electron chi connectivity index (χ3n) is 7.31. The number of amides is 1. The summed E-state index contributed by atoms with van der Waals surface area (Å²) >= 11 is 0. The predicted molar refractivity (Wildman–Crippen MR) is 175 cm³/mol. The summed E-state index contributed by atoms with van der Waals surface area (Å²) in [6.45, 7) is 6.48. The van der Waals surface area contributed by atoms with E-state index in [0.29, 0.717) is 24.2 Å². The van der Waals surface area contributed by atoms with Gasteiger partial charge in [0, 0.05) is 54.3 Å². The largest absolute Gasteiger partial charge is 0.440 e. The molecule has 9 nitrogen and oxygen atoms in total. The highest BCUT2D eigenvalue weighted by atomic mass is 16.6. The molecule has 2 aromatic heterocycles. The number of nitrogens with zero attached hydrogens (tertiary/aromatic N) is 5. The SMILES string of the molecule is CC(C)CC(N)C(=O)OC(C)n1cc(-c2cccc(C#N)c2)c2cc(-c3cccc(N(C)C(=O)/C=C/CN(C)C)c3)cnc21. The van der Waals surface area contributed by atoms with Crippen molar-refractivity contribution >= 4 is 28.6 Å². The molecule has 2 unspecified atom stereocenters. The number of rotatable bonds is 11. The van der Waals surface area contributed by atoms with Crippen molar-refractivity contribution in [2.75, 3.05) is 32.6 Å². The van der Waals surface area contributed by atoms with Crippen LogP contribution in [0.5, 0.6) is 0 Å². The number of aromatic nitrogens is 2. The fourth-order valence-corrected chi connectivity index (χ4v) is 4.97. The molecule has 1 amide bonds. The molecule has 2 atom stereocenters. The summed E-state index contributed by atoms with van der Waals surface area (Å²) in [4.78, 5) is 34.0. The summed E-state index contributed by atoms with van der Waals surface area (Å²) in [6.07, 6.45) is 6.94. The number of hydrogen-bond acceptors (Lipinski definition) is 7. The molecule has 0 aliphatic rings. The highest BCUT2D eigenvalue weighted by Crippen LogP contribution is 2.35. The van der Waals surface area contributed by atoms with E-state index in [1.165, 1.54) is 0 Å². The zero-order valence-electron chi connectivity index (χ0n) is 26.2. The summed E-state index contributed by atoms with van der Waals surface area (Å²) in [5.41, 5.74) is 11.4. The number of carbonyl (C=O) groups excluding carboxylic acids is 2. The van der Waals surface area contributed by atoms with Crippen molar-refractivity contribution in [3.8, 4) is 28.3 Å². The van der Waals surface area contributed by atoms with Crippen LogP contribution in [-0.4, -0.2) is 60.1 Å². The van der Waals surface area contributed by atoms with Gasteiger partial charge in [0.05, 0.1) is 11.6 Å². The number of nitriles is 1. The van der Waals surface area contributed by atoms with Crippen molar-refractivity contribution in [2.45, 2.75) is 39.5 Å². The van der Waals surface area contributed by atoms with Gasteiger partial charge < -0.3 is 20.3 Å². The first kappa shape index (κ1) is 32.1. The molecule has 0 aliphatic heterocycles. The van der Waals surface area contributed by atoms with Crippen molar-refractivity contribution in [1.29, 1.82) is 5.26 Å². The van der Waals surface area contributed by atoms with E-state index in [1.807, 2.05) is 98.2 Å². The molecule has 4 aromatic rings. The Bertz CT molecular complexity index is 1720. The summed E-state index contributed by atoms with van der Waals surface area (Å²) in [5.74, 6) is -0.328. The number of fused-ring (bicyclic) bond motifs is 1. The van der Waals surface area contributed by atoms with E-state index < -0.39 is 18.2 Å². The summed E-state index contributed by atoms with van der Waals surface area (Å²) in [7, 11) is 5.64.